The number of rotatable bonds is 1. The number of carbonyl (C=O) groups excluding carboxylic acids is 1. The van der Waals surface area contributed by atoms with Gasteiger partial charge in [-0.3, -0.25) is 0 Å². The second-order valence-corrected chi connectivity index (χ2v) is 4.09. The van der Waals surface area contributed by atoms with Gasteiger partial charge >= 0.3 is 5.97 Å². The maximum absolute atomic E-state index is 11.5. The molecule has 14 heavy (non-hydrogen) atoms. The lowest BCUT2D eigenvalue weighted by Crippen LogP contribution is -2.63. The van der Waals surface area contributed by atoms with Crippen LogP contribution in [0.5, 0.6) is 0 Å². The monoisotopic (exact) mass is 221 g/mol. The van der Waals surface area contributed by atoms with Crippen LogP contribution < -0.4 is 5.73 Å². The highest BCUT2D eigenvalue weighted by molar-refractivity contribution is 5.85. The molecule has 2 N–H and O–H groups in total. The van der Waals surface area contributed by atoms with E-state index >= 15 is 0 Å². The van der Waals surface area contributed by atoms with E-state index in [1.54, 1.807) is 0 Å². The second-order valence-electron chi connectivity index (χ2n) is 4.09. The van der Waals surface area contributed by atoms with Crippen molar-refractivity contribution < 1.29 is 14.3 Å². The smallest absolute Gasteiger partial charge is 0.328 e. The average molecular weight is 222 g/mol. The van der Waals surface area contributed by atoms with Gasteiger partial charge in [0.2, 0.25) is 0 Å². The van der Waals surface area contributed by atoms with Crippen LogP contribution in [0.1, 0.15) is 19.3 Å². The highest BCUT2D eigenvalue weighted by Gasteiger charge is 2.61. The van der Waals surface area contributed by atoms with Crippen LogP contribution in [0, 0.1) is 5.41 Å². The summed E-state index contributed by atoms with van der Waals surface area (Å²) in [7, 11) is 1.38. The molecular formula is C9H16ClNO3. The molecule has 4 nitrogen and oxygen atoms in total. The Morgan fingerprint density at radius 1 is 1.43 bits per heavy atom. The van der Waals surface area contributed by atoms with Crippen molar-refractivity contribution in [2.24, 2.45) is 11.1 Å². The minimum atomic E-state index is -0.889. The van der Waals surface area contributed by atoms with E-state index in [0.717, 1.165) is 19.3 Å². The number of nitrogens with two attached hydrogens (primary N) is 1. The van der Waals surface area contributed by atoms with E-state index in [1.165, 1.54) is 7.11 Å². The van der Waals surface area contributed by atoms with Crippen molar-refractivity contribution >= 4 is 18.4 Å². The van der Waals surface area contributed by atoms with Gasteiger partial charge in [-0.1, -0.05) is 6.42 Å². The molecule has 1 aliphatic heterocycles. The predicted octanol–water partition coefficient (Wildman–Crippen LogP) is 0.479. The molecule has 1 saturated heterocycles. The number of methoxy groups -OCH3 is 1. The summed E-state index contributed by atoms with van der Waals surface area (Å²) in [6.07, 6.45) is 3.11. The zero-order valence-corrected chi connectivity index (χ0v) is 9.06. The van der Waals surface area contributed by atoms with Crippen LogP contribution in [0.25, 0.3) is 0 Å². The van der Waals surface area contributed by atoms with Crippen LogP contribution in [0.3, 0.4) is 0 Å². The summed E-state index contributed by atoms with van der Waals surface area (Å²) in [6.45, 7) is 0.915. The van der Waals surface area contributed by atoms with Gasteiger partial charge in [-0.25, -0.2) is 4.79 Å². The van der Waals surface area contributed by atoms with E-state index in [9.17, 15) is 4.79 Å². The Kier molecular flexibility index (Phi) is 3.09. The van der Waals surface area contributed by atoms with E-state index in [-0.39, 0.29) is 23.8 Å². The fourth-order valence-electron chi connectivity index (χ4n) is 2.34. The summed E-state index contributed by atoms with van der Waals surface area (Å²) in [4.78, 5) is 11.5. The molecule has 0 radical (unpaired) electrons. The lowest BCUT2D eigenvalue weighted by Gasteiger charge is -2.46. The number of hydrogen-bond acceptors (Lipinski definition) is 4. The minimum absolute atomic E-state index is 0. The quantitative estimate of drug-likeness (QED) is 0.655. The van der Waals surface area contributed by atoms with Crippen molar-refractivity contribution in [1.29, 1.82) is 0 Å². The summed E-state index contributed by atoms with van der Waals surface area (Å²) >= 11 is 0. The molecule has 0 amide bonds. The molecule has 0 aromatic rings. The van der Waals surface area contributed by atoms with Gasteiger partial charge in [0.05, 0.1) is 20.3 Å². The maximum atomic E-state index is 11.5. The van der Waals surface area contributed by atoms with Gasteiger partial charge in [-0.05, 0) is 12.8 Å². The average Bonchev–Trinajstić information content (AvgIpc) is 2.42. The Hall–Kier alpha value is -0.320. The lowest BCUT2D eigenvalue weighted by molar-refractivity contribution is -0.153. The van der Waals surface area contributed by atoms with Crippen molar-refractivity contribution in [3.8, 4) is 0 Å². The highest BCUT2D eigenvalue weighted by Crippen LogP contribution is 2.52. The Morgan fingerprint density at radius 3 is 2.50 bits per heavy atom. The van der Waals surface area contributed by atoms with Crippen LogP contribution in [-0.4, -0.2) is 31.8 Å². The first-order valence-electron chi connectivity index (χ1n) is 4.60. The molecule has 0 aromatic carbocycles. The molecule has 1 saturated carbocycles. The standard InChI is InChI=1S/C9H15NO3.ClH/c1-12-7(11)9(10)6-13-5-8(9)3-2-4-8;/h2-6,10H2,1H3;1H. The third-order valence-corrected chi connectivity index (χ3v) is 3.51. The van der Waals surface area contributed by atoms with E-state index in [1.807, 2.05) is 0 Å². The first kappa shape index (κ1) is 11.8. The number of esters is 1. The molecule has 2 fully saturated rings. The molecule has 2 aliphatic rings. The van der Waals surface area contributed by atoms with Crippen molar-refractivity contribution in [3.63, 3.8) is 0 Å². The Labute approximate surface area is 89.5 Å². The van der Waals surface area contributed by atoms with Crippen molar-refractivity contribution in [1.82, 2.24) is 0 Å². The molecule has 1 unspecified atom stereocenters. The zero-order chi connectivity index (χ0) is 9.53. The van der Waals surface area contributed by atoms with E-state index < -0.39 is 5.54 Å². The molecule has 5 heteroatoms. The van der Waals surface area contributed by atoms with Gasteiger partial charge in [0.1, 0.15) is 5.54 Å². The Bertz CT molecular complexity index is 242. The third-order valence-electron chi connectivity index (χ3n) is 3.51. The van der Waals surface area contributed by atoms with Crippen LogP contribution in [0.2, 0.25) is 0 Å². The van der Waals surface area contributed by atoms with Crippen LogP contribution in [0.4, 0.5) is 0 Å². The highest BCUT2D eigenvalue weighted by atomic mass is 35.5. The minimum Gasteiger partial charge on any atom is -0.468 e. The molecule has 0 bridgehead atoms. The maximum Gasteiger partial charge on any atom is 0.328 e. The van der Waals surface area contributed by atoms with E-state index in [4.69, 9.17) is 15.2 Å². The molecule has 1 heterocycles. The van der Waals surface area contributed by atoms with Gasteiger partial charge in [0, 0.05) is 5.41 Å². The summed E-state index contributed by atoms with van der Waals surface area (Å²) < 4.78 is 10.0. The fraction of sp³-hybridized carbons (Fsp3) is 0.889. The number of carbonyl (C=O) groups is 1. The van der Waals surface area contributed by atoms with Crippen molar-refractivity contribution in [2.45, 2.75) is 24.8 Å². The van der Waals surface area contributed by atoms with E-state index in [2.05, 4.69) is 0 Å². The molecule has 0 aromatic heterocycles. The first-order valence-corrected chi connectivity index (χ1v) is 4.60. The molecule has 2 rings (SSSR count). The SMILES string of the molecule is COC(=O)C1(N)COCC12CCC2.Cl. The number of hydrogen-bond donors (Lipinski definition) is 1. The molecule has 1 atom stereocenters. The van der Waals surface area contributed by atoms with Crippen LogP contribution in [0.15, 0.2) is 0 Å². The third kappa shape index (κ3) is 1.25. The number of halogens is 1. The van der Waals surface area contributed by atoms with Gasteiger partial charge in [-0.15, -0.1) is 12.4 Å². The summed E-state index contributed by atoms with van der Waals surface area (Å²) in [5.41, 5.74) is 5.04. The Morgan fingerprint density at radius 2 is 2.07 bits per heavy atom. The van der Waals surface area contributed by atoms with Gasteiger partial charge in [0.15, 0.2) is 0 Å². The second kappa shape index (κ2) is 3.68. The molecule has 82 valence electrons. The summed E-state index contributed by atoms with van der Waals surface area (Å²) in [6, 6.07) is 0. The van der Waals surface area contributed by atoms with Gasteiger partial charge < -0.3 is 15.2 Å². The van der Waals surface area contributed by atoms with Crippen LogP contribution >= 0.6 is 12.4 Å². The van der Waals surface area contributed by atoms with Crippen LogP contribution in [-0.2, 0) is 14.3 Å². The zero-order valence-electron chi connectivity index (χ0n) is 8.25. The van der Waals surface area contributed by atoms with Crippen molar-refractivity contribution in [3.05, 3.63) is 0 Å². The molecule has 1 aliphatic carbocycles. The summed E-state index contributed by atoms with van der Waals surface area (Å²) in [5, 5.41) is 0. The predicted molar refractivity (Wildman–Crippen MR) is 53.3 cm³/mol. The van der Waals surface area contributed by atoms with Gasteiger partial charge in [-0.2, -0.15) is 0 Å². The van der Waals surface area contributed by atoms with Crippen molar-refractivity contribution in [2.75, 3.05) is 20.3 Å². The fourth-order valence-corrected chi connectivity index (χ4v) is 2.34. The van der Waals surface area contributed by atoms with Gasteiger partial charge in [0.25, 0.3) is 0 Å². The normalized spacial score (nSPS) is 33.3. The topological polar surface area (TPSA) is 61.5 Å². The largest absolute Gasteiger partial charge is 0.468 e. The number of ether oxygens (including phenoxy) is 2. The molecule has 1 spiro atoms. The van der Waals surface area contributed by atoms with E-state index in [0.29, 0.717) is 13.2 Å². The summed E-state index contributed by atoms with van der Waals surface area (Å²) in [5.74, 6) is -0.329. The lowest BCUT2D eigenvalue weighted by atomic mass is 9.59. The first-order chi connectivity index (χ1) is 6.15. The molecular weight excluding hydrogens is 206 g/mol. The Balaban J connectivity index is 0.000000980.